The number of benzene rings is 1. The summed E-state index contributed by atoms with van der Waals surface area (Å²) in [5.41, 5.74) is 4.06. The molecule has 0 bridgehead atoms. The third-order valence-electron chi connectivity index (χ3n) is 4.53. The van der Waals surface area contributed by atoms with Crippen molar-refractivity contribution in [2.75, 3.05) is 40.3 Å². The largest absolute Gasteiger partial charge is 0.496 e. The lowest BCUT2D eigenvalue weighted by molar-refractivity contribution is 0.119. The van der Waals surface area contributed by atoms with Gasteiger partial charge < -0.3 is 9.64 Å². The Hall–Kier alpha value is -1.06. The molecular formula is C16H26N2O. The van der Waals surface area contributed by atoms with Crippen molar-refractivity contribution in [3.05, 3.63) is 28.8 Å². The third-order valence-corrected chi connectivity index (χ3v) is 4.53. The molecule has 2 rings (SSSR count). The van der Waals surface area contributed by atoms with Gasteiger partial charge in [0.05, 0.1) is 7.11 Å². The van der Waals surface area contributed by atoms with Crippen LogP contribution in [0.25, 0.3) is 0 Å². The molecule has 1 aromatic rings. The van der Waals surface area contributed by atoms with Gasteiger partial charge in [-0.1, -0.05) is 6.07 Å². The van der Waals surface area contributed by atoms with Crippen LogP contribution in [0, 0.1) is 13.8 Å². The van der Waals surface area contributed by atoms with E-state index in [1.165, 1.54) is 29.8 Å². The van der Waals surface area contributed by atoms with Crippen LogP contribution in [0.4, 0.5) is 0 Å². The van der Waals surface area contributed by atoms with Gasteiger partial charge in [0.15, 0.2) is 0 Å². The molecule has 0 aliphatic carbocycles. The van der Waals surface area contributed by atoms with E-state index in [1.54, 1.807) is 7.11 Å². The molecule has 1 heterocycles. The average molecular weight is 262 g/mol. The van der Waals surface area contributed by atoms with Gasteiger partial charge in [0.1, 0.15) is 5.75 Å². The molecular weight excluding hydrogens is 236 g/mol. The smallest absolute Gasteiger partial charge is 0.122 e. The van der Waals surface area contributed by atoms with Crippen LogP contribution in [-0.2, 0) is 0 Å². The lowest BCUT2D eigenvalue weighted by Gasteiger charge is -2.37. The summed E-state index contributed by atoms with van der Waals surface area (Å²) in [4.78, 5) is 4.98. The molecule has 0 amide bonds. The van der Waals surface area contributed by atoms with Crippen molar-refractivity contribution in [1.29, 1.82) is 0 Å². The normalized spacial score (nSPS) is 19.4. The van der Waals surface area contributed by atoms with Crippen molar-refractivity contribution in [3.63, 3.8) is 0 Å². The zero-order chi connectivity index (χ0) is 14.0. The van der Waals surface area contributed by atoms with E-state index in [2.05, 4.69) is 49.8 Å². The minimum atomic E-state index is 0.485. The molecule has 0 N–H and O–H groups in total. The van der Waals surface area contributed by atoms with E-state index >= 15 is 0 Å². The summed E-state index contributed by atoms with van der Waals surface area (Å²) in [7, 11) is 3.94. The highest BCUT2D eigenvalue weighted by molar-refractivity contribution is 5.44. The quantitative estimate of drug-likeness (QED) is 0.833. The van der Waals surface area contributed by atoms with E-state index in [1.807, 2.05) is 0 Å². The van der Waals surface area contributed by atoms with Crippen LogP contribution in [0.2, 0.25) is 0 Å². The van der Waals surface area contributed by atoms with Crippen molar-refractivity contribution in [1.82, 2.24) is 9.80 Å². The van der Waals surface area contributed by atoms with Gasteiger partial charge in [-0.05, 0) is 50.6 Å². The standard InChI is InChI=1S/C16H26N2O/c1-12-13(2)16(19-5)7-6-15(12)14(3)18-10-8-17(4)9-11-18/h6-7,14H,8-11H2,1-5H3. The van der Waals surface area contributed by atoms with Crippen LogP contribution in [0.5, 0.6) is 5.75 Å². The molecule has 106 valence electrons. The first kappa shape index (κ1) is 14.4. The molecule has 0 radical (unpaired) electrons. The summed E-state index contributed by atoms with van der Waals surface area (Å²) in [6.45, 7) is 11.3. The van der Waals surface area contributed by atoms with Gasteiger partial charge in [-0.15, -0.1) is 0 Å². The SMILES string of the molecule is COc1ccc(C(C)N2CCN(C)CC2)c(C)c1C. The van der Waals surface area contributed by atoms with Gasteiger partial charge in [-0.25, -0.2) is 0 Å². The Morgan fingerprint density at radius 3 is 2.26 bits per heavy atom. The molecule has 1 unspecified atom stereocenters. The fraction of sp³-hybridized carbons (Fsp3) is 0.625. The lowest BCUT2D eigenvalue weighted by Crippen LogP contribution is -2.45. The number of nitrogens with zero attached hydrogens (tertiary/aromatic N) is 2. The first-order valence-electron chi connectivity index (χ1n) is 7.11. The summed E-state index contributed by atoms with van der Waals surface area (Å²) in [6, 6.07) is 4.81. The molecule has 1 fully saturated rings. The van der Waals surface area contributed by atoms with E-state index in [0.717, 1.165) is 18.8 Å². The predicted molar refractivity (Wildman–Crippen MR) is 80.0 cm³/mol. The summed E-state index contributed by atoms with van der Waals surface area (Å²) < 4.78 is 5.40. The average Bonchev–Trinajstić information content (AvgIpc) is 2.42. The first-order chi connectivity index (χ1) is 9.04. The van der Waals surface area contributed by atoms with Crippen LogP contribution in [0.15, 0.2) is 12.1 Å². The van der Waals surface area contributed by atoms with Crippen molar-refractivity contribution in [2.45, 2.75) is 26.8 Å². The Labute approximate surface area is 117 Å². The van der Waals surface area contributed by atoms with Crippen LogP contribution in [-0.4, -0.2) is 50.1 Å². The zero-order valence-electron chi connectivity index (χ0n) is 12.9. The molecule has 0 saturated carbocycles. The van der Waals surface area contributed by atoms with E-state index in [-0.39, 0.29) is 0 Å². The second kappa shape index (κ2) is 5.93. The minimum Gasteiger partial charge on any atom is -0.496 e. The van der Waals surface area contributed by atoms with Crippen LogP contribution in [0.3, 0.4) is 0 Å². The van der Waals surface area contributed by atoms with Gasteiger partial charge in [0.25, 0.3) is 0 Å². The monoisotopic (exact) mass is 262 g/mol. The van der Waals surface area contributed by atoms with Crippen molar-refractivity contribution in [3.8, 4) is 5.75 Å². The highest BCUT2D eigenvalue weighted by Crippen LogP contribution is 2.30. The number of ether oxygens (including phenoxy) is 1. The molecule has 1 aliphatic heterocycles. The molecule has 3 heteroatoms. The second-order valence-electron chi connectivity index (χ2n) is 5.62. The van der Waals surface area contributed by atoms with E-state index in [4.69, 9.17) is 4.74 Å². The summed E-state index contributed by atoms with van der Waals surface area (Å²) in [6.07, 6.45) is 0. The molecule has 1 aromatic carbocycles. The Bertz CT molecular complexity index is 437. The van der Waals surface area contributed by atoms with Gasteiger partial charge in [-0.2, -0.15) is 0 Å². The Balaban J connectivity index is 2.19. The third kappa shape index (κ3) is 2.93. The molecule has 3 nitrogen and oxygen atoms in total. The fourth-order valence-corrected chi connectivity index (χ4v) is 2.90. The Morgan fingerprint density at radius 1 is 1.05 bits per heavy atom. The number of methoxy groups -OCH3 is 1. The zero-order valence-corrected chi connectivity index (χ0v) is 12.9. The summed E-state index contributed by atoms with van der Waals surface area (Å²) >= 11 is 0. The maximum absolute atomic E-state index is 5.40. The van der Waals surface area contributed by atoms with Gasteiger partial charge in [0.2, 0.25) is 0 Å². The summed E-state index contributed by atoms with van der Waals surface area (Å²) in [5, 5.41) is 0. The van der Waals surface area contributed by atoms with Crippen LogP contribution in [0.1, 0.15) is 29.7 Å². The Morgan fingerprint density at radius 2 is 1.68 bits per heavy atom. The second-order valence-corrected chi connectivity index (χ2v) is 5.62. The fourth-order valence-electron chi connectivity index (χ4n) is 2.90. The van der Waals surface area contributed by atoms with E-state index in [0.29, 0.717) is 6.04 Å². The summed E-state index contributed by atoms with van der Waals surface area (Å²) in [5.74, 6) is 0.992. The van der Waals surface area contributed by atoms with Crippen molar-refractivity contribution in [2.24, 2.45) is 0 Å². The molecule has 1 saturated heterocycles. The van der Waals surface area contributed by atoms with Gasteiger partial charge in [0, 0.05) is 32.2 Å². The maximum atomic E-state index is 5.40. The first-order valence-corrected chi connectivity index (χ1v) is 7.11. The van der Waals surface area contributed by atoms with Crippen molar-refractivity contribution < 1.29 is 4.74 Å². The minimum absolute atomic E-state index is 0.485. The predicted octanol–water partition coefficient (Wildman–Crippen LogP) is 2.62. The molecule has 1 atom stereocenters. The molecule has 1 aliphatic rings. The van der Waals surface area contributed by atoms with Crippen molar-refractivity contribution >= 4 is 0 Å². The van der Waals surface area contributed by atoms with E-state index in [9.17, 15) is 0 Å². The Kier molecular flexibility index (Phi) is 4.48. The number of likely N-dealkylation sites (N-methyl/N-ethyl adjacent to an activating group) is 1. The topological polar surface area (TPSA) is 15.7 Å². The molecule has 19 heavy (non-hydrogen) atoms. The highest BCUT2D eigenvalue weighted by atomic mass is 16.5. The number of rotatable bonds is 3. The number of hydrogen-bond donors (Lipinski definition) is 0. The lowest BCUT2D eigenvalue weighted by atomic mass is 9.96. The van der Waals surface area contributed by atoms with E-state index < -0.39 is 0 Å². The van der Waals surface area contributed by atoms with Gasteiger partial charge >= 0.3 is 0 Å². The number of piperazine rings is 1. The van der Waals surface area contributed by atoms with Gasteiger partial charge in [-0.3, -0.25) is 4.90 Å². The maximum Gasteiger partial charge on any atom is 0.122 e. The van der Waals surface area contributed by atoms with Crippen LogP contribution < -0.4 is 4.74 Å². The van der Waals surface area contributed by atoms with Crippen LogP contribution >= 0.6 is 0 Å². The highest BCUT2D eigenvalue weighted by Gasteiger charge is 2.22. The molecule has 0 aromatic heterocycles. The molecule has 0 spiro atoms. The number of hydrogen-bond acceptors (Lipinski definition) is 3.